The van der Waals surface area contributed by atoms with E-state index in [1.165, 1.54) is 6.07 Å². The second-order valence-electron chi connectivity index (χ2n) is 3.50. The van der Waals surface area contributed by atoms with Gasteiger partial charge in [-0.25, -0.2) is 0 Å². The van der Waals surface area contributed by atoms with Crippen LogP contribution in [0.3, 0.4) is 0 Å². The molecule has 2 aromatic heterocycles. The first-order chi connectivity index (χ1) is 7.77. The van der Waals surface area contributed by atoms with Crippen molar-refractivity contribution in [2.45, 2.75) is 0 Å². The molecule has 0 fully saturated rings. The first-order valence-electron chi connectivity index (χ1n) is 4.76. The largest absolute Gasteiger partial charge is 0.349 e. The zero-order valence-electron chi connectivity index (χ0n) is 8.18. The number of aromatic nitrogens is 2. The van der Waals surface area contributed by atoms with Crippen molar-refractivity contribution in [3.05, 3.63) is 46.8 Å². The van der Waals surface area contributed by atoms with Gasteiger partial charge in [0.1, 0.15) is 5.52 Å². The smallest absolute Gasteiger partial charge is 0.293 e. The number of nitro benzene ring substituents is 1. The first kappa shape index (κ1) is 8.84. The molecule has 0 unspecified atom stereocenters. The van der Waals surface area contributed by atoms with Crippen molar-refractivity contribution in [2.24, 2.45) is 0 Å². The number of benzene rings is 1. The van der Waals surface area contributed by atoms with Crippen molar-refractivity contribution in [3.8, 4) is 0 Å². The van der Waals surface area contributed by atoms with Gasteiger partial charge in [-0.2, -0.15) is 0 Å². The normalized spacial score (nSPS) is 11.0. The van der Waals surface area contributed by atoms with Crippen LogP contribution in [0.25, 0.3) is 21.8 Å². The van der Waals surface area contributed by atoms with Gasteiger partial charge in [0.2, 0.25) is 0 Å². The number of aromatic amines is 1. The van der Waals surface area contributed by atoms with Gasteiger partial charge in [-0.15, -0.1) is 0 Å². The van der Waals surface area contributed by atoms with Gasteiger partial charge in [0.25, 0.3) is 5.69 Å². The van der Waals surface area contributed by atoms with Crippen molar-refractivity contribution in [2.75, 3.05) is 0 Å². The molecular formula is C11H7N3O2. The highest BCUT2D eigenvalue weighted by molar-refractivity contribution is 6.09. The van der Waals surface area contributed by atoms with E-state index in [1.807, 2.05) is 6.07 Å². The number of pyridine rings is 1. The molecule has 0 atom stereocenters. The average Bonchev–Trinajstić information content (AvgIpc) is 2.67. The highest BCUT2D eigenvalue weighted by Gasteiger charge is 2.14. The molecule has 3 rings (SSSR count). The maximum atomic E-state index is 10.9. The lowest BCUT2D eigenvalue weighted by atomic mass is 10.2. The van der Waals surface area contributed by atoms with Crippen LogP contribution >= 0.6 is 0 Å². The molecule has 0 aliphatic carbocycles. The van der Waals surface area contributed by atoms with Crippen LogP contribution < -0.4 is 0 Å². The van der Waals surface area contributed by atoms with Crippen molar-refractivity contribution in [1.29, 1.82) is 0 Å². The minimum Gasteiger partial charge on any atom is -0.349 e. The Bertz CT molecular complexity index is 703. The Morgan fingerprint density at radius 2 is 2.12 bits per heavy atom. The Morgan fingerprint density at radius 1 is 1.25 bits per heavy atom. The number of nitrogens with zero attached hydrogens (tertiary/aromatic N) is 2. The predicted molar refractivity (Wildman–Crippen MR) is 60.3 cm³/mol. The zero-order chi connectivity index (χ0) is 11.1. The molecule has 0 amide bonds. The number of hydrogen-bond acceptors (Lipinski definition) is 3. The summed E-state index contributed by atoms with van der Waals surface area (Å²) in [6, 6.07) is 6.83. The average molecular weight is 213 g/mol. The molecule has 2 heterocycles. The van der Waals surface area contributed by atoms with Crippen LogP contribution in [0.15, 0.2) is 36.7 Å². The lowest BCUT2D eigenvalue weighted by molar-refractivity contribution is -0.383. The molecule has 0 bridgehead atoms. The number of nitro groups is 1. The van der Waals surface area contributed by atoms with Crippen molar-refractivity contribution < 1.29 is 4.92 Å². The fraction of sp³-hybridized carbons (Fsp3) is 0. The summed E-state index contributed by atoms with van der Waals surface area (Å²) >= 11 is 0. The van der Waals surface area contributed by atoms with E-state index in [-0.39, 0.29) is 10.6 Å². The van der Waals surface area contributed by atoms with Crippen molar-refractivity contribution in [1.82, 2.24) is 9.97 Å². The van der Waals surface area contributed by atoms with E-state index in [1.54, 1.807) is 24.5 Å². The number of rotatable bonds is 1. The molecule has 0 aliphatic heterocycles. The van der Waals surface area contributed by atoms with E-state index in [4.69, 9.17) is 0 Å². The van der Waals surface area contributed by atoms with Crippen LogP contribution in [0.1, 0.15) is 0 Å². The maximum absolute atomic E-state index is 10.9. The molecule has 5 nitrogen and oxygen atoms in total. The molecule has 3 aromatic rings. The van der Waals surface area contributed by atoms with Crippen LogP contribution in [0, 0.1) is 10.1 Å². The van der Waals surface area contributed by atoms with Gasteiger partial charge in [-0.05, 0) is 6.07 Å². The van der Waals surface area contributed by atoms with Gasteiger partial charge in [-0.1, -0.05) is 12.1 Å². The van der Waals surface area contributed by atoms with Gasteiger partial charge in [0.05, 0.1) is 4.92 Å². The number of para-hydroxylation sites is 1. The monoisotopic (exact) mass is 213 g/mol. The maximum Gasteiger partial charge on any atom is 0.293 e. The predicted octanol–water partition coefficient (Wildman–Crippen LogP) is 2.62. The molecule has 0 radical (unpaired) electrons. The molecular weight excluding hydrogens is 206 g/mol. The highest BCUT2D eigenvalue weighted by Crippen LogP contribution is 2.30. The summed E-state index contributed by atoms with van der Waals surface area (Å²) in [4.78, 5) is 17.5. The standard InChI is InChI=1S/C11H7N3O2/c15-14(16)10-3-1-2-7-8-6-12-5-4-9(8)13-11(7)10/h1-6,13H. The van der Waals surface area contributed by atoms with Crippen molar-refractivity contribution >= 4 is 27.5 Å². The van der Waals surface area contributed by atoms with Gasteiger partial charge >= 0.3 is 0 Å². The molecule has 78 valence electrons. The first-order valence-corrected chi connectivity index (χ1v) is 4.76. The van der Waals surface area contributed by atoms with Crippen LogP contribution in [0.5, 0.6) is 0 Å². The summed E-state index contributed by atoms with van der Waals surface area (Å²) in [5, 5.41) is 12.6. The van der Waals surface area contributed by atoms with Crippen molar-refractivity contribution in [3.63, 3.8) is 0 Å². The van der Waals surface area contributed by atoms with Crippen LogP contribution in [0.4, 0.5) is 5.69 Å². The van der Waals surface area contributed by atoms with Gasteiger partial charge in [0.15, 0.2) is 0 Å². The van der Waals surface area contributed by atoms with E-state index < -0.39 is 0 Å². The number of H-pyrrole nitrogens is 1. The second-order valence-corrected chi connectivity index (χ2v) is 3.50. The summed E-state index contributed by atoms with van der Waals surface area (Å²) in [5.74, 6) is 0. The summed E-state index contributed by atoms with van der Waals surface area (Å²) in [6.45, 7) is 0. The number of non-ortho nitro benzene ring substituents is 1. The molecule has 1 aromatic carbocycles. The molecule has 16 heavy (non-hydrogen) atoms. The van der Waals surface area contributed by atoms with Gasteiger partial charge in [-0.3, -0.25) is 15.1 Å². The van der Waals surface area contributed by atoms with Crippen LogP contribution in [0.2, 0.25) is 0 Å². The number of nitrogens with one attached hydrogen (secondary N) is 1. The topological polar surface area (TPSA) is 71.8 Å². The Labute approximate surface area is 89.9 Å². The summed E-state index contributed by atoms with van der Waals surface area (Å²) in [5.41, 5.74) is 1.50. The quantitative estimate of drug-likeness (QED) is 0.498. The summed E-state index contributed by atoms with van der Waals surface area (Å²) in [6.07, 6.45) is 3.36. The number of hydrogen-bond donors (Lipinski definition) is 1. The summed E-state index contributed by atoms with van der Waals surface area (Å²) in [7, 11) is 0. The molecule has 0 spiro atoms. The van der Waals surface area contributed by atoms with Crippen LogP contribution in [-0.2, 0) is 0 Å². The van der Waals surface area contributed by atoms with Gasteiger partial charge in [0, 0.05) is 34.7 Å². The van der Waals surface area contributed by atoms with E-state index in [9.17, 15) is 10.1 Å². The Hall–Kier alpha value is -2.43. The molecule has 5 heteroatoms. The van der Waals surface area contributed by atoms with E-state index in [2.05, 4.69) is 9.97 Å². The van der Waals surface area contributed by atoms with Gasteiger partial charge < -0.3 is 4.98 Å². The number of fused-ring (bicyclic) bond motifs is 3. The zero-order valence-corrected chi connectivity index (χ0v) is 8.18. The molecule has 1 N–H and O–H groups in total. The minimum absolute atomic E-state index is 0.0914. The third-order valence-corrected chi connectivity index (χ3v) is 2.61. The van der Waals surface area contributed by atoms with E-state index >= 15 is 0 Å². The Kier molecular flexibility index (Phi) is 1.67. The summed E-state index contributed by atoms with van der Waals surface area (Å²) < 4.78 is 0. The third kappa shape index (κ3) is 1.08. The fourth-order valence-corrected chi connectivity index (χ4v) is 1.90. The second kappa shape index (κ2) is 3.03. The van der Waals surface area contributed by atoms with E-state index in [0.29, 0.717) is 5.52 Å². The molecule has 0 saturated heterocycles. The lowest BCUT2D eigenvalue weighted by Gasteiger charge is -1.92. The molecule has 0 saturated carbocycles. The lowest BCUT2D eigenvalue weighted by Crippen LogP contribution is -1.88. The Balaban J connectivity index is 2.54. The minimum atomic E-state index is -0.384. The SMILES string of the molecule is O=[N+]([O-])c1cccc2c1[nH]c1ccncc12. The fourth-order valence-electron chi connectivity index (χ4n) is 1.90. The Morgan fingerprint density at radius 3 is 2.94 bits per heavy atom. The third-order valence-electron chi connectivity index (χ3n) is 2.61. The highest BCUT2D eigenvalue weighted by atomic mass is 16.6. The van der Waals surface area contributed by atoms with Crippen LogP contribution in [-0.4, -0.2) is 14.9 Å². The van der Waals surface area contributed by atoms with E-state index in [0.717, 1.165) is 16.3 Å². The molecule has 0 aliphatic rings.